The first kappa shape index (κ1) is 67.7. The molecule has 10 nitrogen and oxygen atoms in total. The summed E-state index contributed by atoms with van der Waals surface area (Å²) in [6.07, 6.45) is 10.9. The van der Waals surface area contributed by atoms with Crippen LogP contribution in [0.3, 0.4) is 0 Å². The molecule has 0 unspecified atom stereocenters. The molecule has 0 aliphatic heterocycles. The molecular formula is C98H68N10. The summed E-state index contributed by atoms with van der Waals surface area (Å²) in [7, 11) is 0. The van der Waals surface area contributed by atoms with Crippen LogP contribution in [0.5, 0.6) is 0 Å². The van der Waals surface area contributed by atoms with Crippen molar-refractivity contribution < 1.29 is 0 Å². The molecule has 7 heterocycles. The molecule has 0 radical (unpaired) electrons. The fourth-order valence-corrected chi connectivity index (χ4v) is 12.9. The number of benzene rings is 11. The molecule has 0 atom stereocenters. The molecule has 18 aromatic rings. The Hall–Kier alpha value is -14.7. The molecule has 0 aliphatic rings. The second kappa shape index (κ2) is 32.7. The van der Waals surface area contributed by atoms with Crippen molar-refractivity contribution in [2.75, 3.05) is 0 Å². The zero-order valence-electron chi connectivity index (χ0n) is 58.7. The van der Waals surface area contributed by atoms with Gasteiger partial charge in [0.15, 0.2) is 17.5 Å². The van der Waals surface area contributed by atoms with Gasteiger partial charge < -0.3 is 0 Å². The van der Waals surface area contributed by atoms with Gasteiger partial charge in [0.05, 0.1) is 45.6 Å². The van der Waals surface area contributed by atoms with E-state index in [-0.39, 0.29) is 0 Å². The summed E-state index contributed by atoms with van der Waals surface area (Å²) in [6.45, 7) is 0. The summed E-state index contributed by atoms with van der Waals surface area (Å²) >= 11 is 0. The predicted molar refractivity (Wildman–Crippen MR) is 439 cm³/mol. The SMILES string of the molecule is c1ccc(-c2cc(-c3ccccc3)cc(-c3nc(-c4ccccc4)cc(-c4ccccc4)n3)c2)cc1.c1ccc(-c2cc(-c3ccccc3)nc(-c3cc(-c4ccccn4)cc(-c4ccccn4)c3)n2)cc1.c1ccc(-c2cc(-c3ccccc3)nc(-c3cc(-c4ccncc4)cc(-c4ccncc4)c3)n2)cc1. The smallest absolute Gasteiger partial charge is 0.160 e. The van der Waals surface area contributed by atoms with Gasteiger partial charge >= 0.3 is 0 Å². The highest BCUT2D eigenvalue weighted by molar-refractivity contribution is 5.85. The monoisotopic (exact) mass is 1380 g/mol. The van der Waals surface area contributed by atoms with Crippen molar-refractivity contribution in [3.05, 3.63) is 413 Å². The van der Waals surface area contributed by atoms with E-state index in [0.717, 1.165) is 140 Å². The summed E-state index contributed by atoms with van der Waals surface area (Å²) in [5, 5.41) is 0. The third kappa shape index (κ3) is 16.3. The van der Waals surface area contributed by atoms with Crippen LogP contribution in [-0.2, 0) is 0 Å². The molecule has 10 heteroatoms. The third-order valence-electron chi connectivity index (χ3n) is 18.3. The fourth-order valence-electron chi connectivity index (χ4n) is 12.9. The average molecular weight is 1390 g/mol. The lowest BCUT2D eigenvalue weighted by atomic mass is 9.95. The number of hydrogen-bond donors (Lipinski definition) is 0. The summed E-state index contributed by atoms with van der Waals surface area (Å²) in [5.41, 5.74) is 27.2. The molecule has 0 aliphatic carbocycles. The van der Waals surface area contributed by atoms with Crippen LogP contribution in [0.15, 0.2) is 413 Å². The van der Waals surface area contributed by atoms with E-state index in [1.165, 1.54) is 11.1 Å². The summed E-state index contributed by atoms with van der Waals surface area (Å²) in [5.74, 6) is 2.05. The largest absolute Gasteiger partial charge is 0.265 e. The van der Waals surface area contributed by atoms with E-state index in [0.29, 0.717) is 17.5 Å². The van der Waals surface area contributed by atoms with Crippen LogP contribution in [0.2, 0.25) is 0 Å². The fraction of sp³-hybridized carbons (Fsp3) is 0. The van der Waals surface area contributed by atoms with Gasteiger partial charge in [0.1, 0.15) is 0 Å². The normalized spacial score (nSPS) is 10.8. The van der Waals surface area contributed by atoms with Crippen molar-refractivity contribution in [3.63, 3.8) is 0 Å². The molecular weight excluding hydrogens is 1320 g/mol. The molecule has 510 valence electrons. The zero-order chi connectivity index (χ0) is 72.5. The van der Waals surface area contributed by atoms with E-state index in [4.69, 9.17) is 29.9 Å². The lowest BCUT2D eigenvalue weighted by Gasteiger charge is -2.13. The first-order valence-corrected chi connectivity index (χ1v) is 35.7. The van der Waals surface area contributed by atoms with E-state index >= 15 is 0 Å². The van der Waals surface area contributed by atoms with Crippen molar-refractivity contribution in [1.29, 1.82) is 0 Å². The van der Waals surface area contributed by atoms with Gasteiger partial charge in [-0.3, -0.25) is 19.9 Å². The highest BCUT2D eigenvalue weighted by Crippen LogP contribution is 2.38. The van der Waals surface area contributed by atoms with E-state index in [1.54, 1.807) is 0 Å². The molecule has 0 fully saturated rings. The van der Waals surface area contributed by atoms with Gasteiger partial charge in [-0.1, -0.05) is 255 Å². The molecule has 18 rings (SSSR count). The summed E-state index contributed by atoms with van der Waals surface area (Å²) in [6, 6.07) is 128. The van der Waals surface area contributed by atoms with Gasteiger partial charge in [-0.25, -0.2) is 29.9 Å². The Kier molecular flexibility index (Phi) is 20.5. The molecule has 11 aromatic carbocycles. The Morgan fingerprint density at radius 1 is 0.120 bits per heavy atom. The molecule has 7 aromatic heterocycles. The molecule has 0 amide bonds. The highest BCUT2D eigenvalue weighted by atomic mass is 14.9. The van der Waals surface area contributed by atoms with E-state index < -0.39 is 0 Å². The minimum Gasteiger partial charge on any atom is -0.265 e. The minimum atomic E-state index is 0.658. The van der Waals surface area contributed by atoms with E-state index in [2.05, 4.69) is 214 Å². The van der Waals surface area contributed by atoms with Crippen LogP contribution in [-0.4, -0.2) is 49.8 Å². The van der Waals surface area contributed by atoms with Crippen LogP contribution in [0.1, 0.15) is 0 Å². The summed E-state index contributed by atoms with van der Waals surface area (Å²) < 4.78 is 0. The number of rotatable bonds is 15. The standard InChI is InChI=1S/C34H24N2.2C32H22N4/c1-5-13-25(14-6-1)29-21-30(26-15-7-2-8-16-26)23-31(22-29)34-35-32(27-17-9-3-10-18-27)24-33(36-34)28-19-11-4-12-20-28;1-3-11-23(12-4-1)30-22-31(24-13-5-2-6-14-24)36-32(35-30)27-20-25(28-15-7-9-17-33-28)19-26(21-27)29-16-8-10-18-34-29;1-3-7-25(8-4-1)30-22-31(26-9-5-2-6-10-26)36-32(35-30)29-20-27(23-11-15-33-16-12-23)19-28(21-29)24-13-17-34-18-14-24/h1-24H;2*1-22H. The second-order valence-electron chi connectivity index (χ2n) is 25.6. The van der Waals surface area contributed by atoms with Crippen LogP contribution in [0, 0.1) is 0 Å². The topological polar surface area (TPSA) is 129 Å². The molecule has 108 heavy (non-hydrogen) atoms. The van der Waals surface area contributed by atoms with Gasteiger partial charge in [0.2, 0.25) is 0 Å². The van der Waals surface area contributed by atoms with E-state index in [9.17, 15) is 0 Å². The molecule has 0 N–H and O–H groups in total. The molecule has 0 spiro atoms. The highest BCUT2D eigenvalue weighted by Gasteiger charge is 2.19. The first-order chi connectivity index (χ1) is 53.5. The van der Waals surface area contributed by atoms with E-state index in [1.807, 2.05) is 219 Å². The van der Waals surface area contributed by atoms with Crippen LogP contribution < -0.4 is 0 Å². The lowest BCUT2D eigenvalue weighted by molar-refractivity contribution is 1.18. The van der Waals surface area contributed by atoms with Crippen molar-refractivity contribution >= 4 is 0 Å². The maximum Gasteiger partial charge on any atom is 0.160 e. The number of nitrogens with zero attached hydrogens (tertiary/aromatic N) is 10. The van der Waals surface area contributed by atoms with Gasteiger partial charge in [-0.05, 0) is 166 Å². The van der Waals surface area contributed by atoms with Crippen molar-refractivity contribution in [2.24, 2.45) is 0 Å². The van der Waals surface area contributed by atoms with Crippen molar-refractivity contribution in [1.82, 2.24) is 49.8 Å². The average Bonchev–Trinajstić information content (AvgIpc) is 0.795. The number of pyridine rings is 4. The Morgan fingerprint density at radius 2 is 0.315 bits per heavy atom. The molecule has 0 saturated carbocycles. The van der Waals surface area contributed by atoms with Gasteiger partial charge in [-0.2, -0.15) is 0 Å². The number of hydrogen-bond acceptors (Lipinski definition) is 10. The first-order valence-electron chi connectivity index (χ1n) is 35.7. The number of aromatic nitrogens is 10. The Labute approximate surface area is 628 Å². The van der Waals surface area contributed by atoms with Crippen LogP contribution >= 0.6 is 0 Å². The van der Waals surface area contributed by atoms with Crippen molar-refractivity contribution in [2.45, 2.75) is 0 Å². The Balaban J connectivity index is 0.000000124. The predicted octanol–water partition coefficient (Wildman–Crippen LogP) is 24.0. The third-order valence-corrected chi connectivity index (χ3v) is 18.3. The maximum absolute atomic E-state index is 5.06. The summed E-state index contributed by atoms with van der Waals surface area (Å²) in [4.78, 5) is 47.8. The Morgan fingerprint density at radius 3 is 0.546 bits per heavy atom. The lowest BCUT2D eigenvalue weighted by Crippen LogP contribution is -1.97. The van der Waals surface area contributed by atoms with Gasteiger partial charge in [-0.15, -0.1) is 0 Å². The maximum atomic E-state index is 5.06. The Bertz CT molecular complexity index is 4670. The van der Waals surface area contributed by atoms with Crippen LogP contribution in [0.4, 0.5) is 0 Å². The quantitative estimate of drug-likeness (QED) is 0.0978. The van der Waals surface area contributed by atoms with Crippen molar-refractivity contribution in [3.8, 4) is 169 Å². The molecule has 0 bridgehead atoms. The van der Waals surface area contributed by atoms with Gasteiger partial charge in [0.25, 0.3) is 0 Å². The van der Waals surface area contributed by atoms with Crippen LogP contribution in [0.25, 0.3) is 169 Å². The zero-order valence-corrected chi connectivity index (χ0v) is 58.7. The minimum absolute atomic E-state index is 0.658. The van der Waals surface area contributed by atoms with Gasteiger partial charge in [0, 0.05) is 98.4 Å². The molecule has 0 saturated heterocycles. The second-order valence-corrected chi connectivity index (χ2v) is 25.6.